The van der Waals surface area contributed by atoms with E-state index in [1.807, 2.05) is 6.08 Å². The molecule has 0 aliphatic heterocycles. The molecule has 1 rings (SSSR count). The molecule has 2 atom stereocenters. The van der Waals surface area contributed by atoms with Gasteiger partial charge in [-0.25, -0.2) is 0 Å². The zero-order valence-corrected chi connectivity index (χ0v) is 10.0. The van der Waals surface area contributed by atoms with Crippen molar-refractivity contribution < 1.29 is 0 Å². The zero-order chi connectivity index (χ0) is 10.2. The van der Waals surface area contributed by atoms with Crippen molar-refractivity contribution in [1.82, 2.24) is 5.32 Å². The first-order chi connectivity index (χ1) is 6.88. The minimum Gasteiger partial charge on any atom is -0.313 e. The topological polar surface area (TPSA) is 12.0 Å². The number of hydrogen-bond acceptors (Lipinski definition) is 1. The molecular weight excluding hydrogens is 217 g/mol. The SMILES string of the molecule is Cl/C=C/CNCC1CCCCC1CCl. The van der Waals surface area contributed by atoms with Crippen molar-refractivity contribution in [2.24, 2.45) is 11.8 Å². The standard InChI is InChI=1S/C11H19Cl2N/c12-6-3-7-14-9-11-5-2-1-4-10(11)8-13/h3,6,10-11,14H,1-2,4-5,7-9H2/b6-3+. The molecule has 0 amide bonds. The van der Waals surface area contributed by atoms with Gasteiger partial charge in [0.15, 0.2) is 0 Å². The van der Waals surface area contributed by atoms with Crippen molar-refractivity contribution in [3.8, 4) is 0 Å². The van der Waals surface area contributed by atoms with Crippen LogP contribution in [0.1, 0.15) is 25.7 Å². The minimum absolute atomic E-state index is 0.720. The van der Waals surface area contributed by atoms with Gasteiger partial charge in [0.2, 0.25) is 0 Å². The third-order valence-electron chi connectivity index (χ3n) is 3.02. The maximum absolute atomic E-state index is 5.95. The summed E-state index contributed by atoms with van der Waals surface area (Å²) in [4.78, 5) is 0. The van der Waals surface area contributed by atoms with Crippen molar-refractivity contribution in [1.29, 1.82) is 0 Å². The normalized spacial score (nSPS) is 28.4. The van der Waals surface area contributed by atoms with Gasteiger partial charge in [-0.15, -0.1) is 11.6 Å². The van der Waals surface area contributed by atoms with Crippen LogP contribution in [0.5, 0.6) is 0 Å². The monoisotopic (exact) mass is 235 g/mol. The Bertz CT molecular complexity index is 171. The zero-order valence-electron chi connectivity index (χ0n) is 8.52. The van der Waals surface area contributed by atoms with E-state index in [1.54, 1.807) is 5.54 Å². The van der Waals surface area contributed by atoms with Gasteiger partial charge in [-0.05, 0) is 31.2 Å². The summed E-state index contributed by atoms with van der Waals surface area (Å²) < 4.78 is 0. The summed E-state index contributed by atoms with van der Waals surface area (Å²) in [7, 11) is 0. The molecular formula is C11H19Cl2N. The van der Waals surface area contributed by atoms with Crippen molar-refractivity contribution >= 4 is 23.2 Å². The summed E-state index contributed by atoms with van der Waals surface area (Å²) in [6, 6.07) is 0. The smallest absolute Gasteiger partial charge is 0.0254 e. The third kappa shape index (κ3) is 4.20. The van der Waals surface area contributed by atoms with Crippen LogP contribution in [0.25, 0.3) is 0 Å². The van der Waals surface area contributed by atoms with Crippen LogP contribution < -0.4 is 5.32 Å². The Labute approximate surface area is 96.8 Å². The van der Waals surface area contributed by atoms with Crippen molar-refractivity contribution in [2.75, 3.05) is 19.0 Å². The molecule has 0 heterocycles. The first-order valence-electron chi connectivity index (χ1n) is 5.40. The van der Waals surface area contributed by atoms with E-state index in [-0.39, 0.29) is 0 Å². The highest BCUT2D eigenvalue weighted by Gasteiger charge is 2.23. The molecule has 82 valence electrons. The highest BCUT2D eigenvalue weighted by molar-refractivity contribution is 6.25. The van der Waals surface area contributed by atoms with Gasteiger partial charge in [0.25, 0.3) is 0 Å². The largest absolute Gasteiger partial charge is 0.313 e. The van der Waals surface area contributed by atoms with Crippen molar-refractivity contribution in [2.45, 2.75) is 25.7 Å². The van der Waals surface area contributed by atoms with Crippen molar-refractivity contribution in [3.05, 3.63) is 11.6 Å². The highest BCUT2D eigenvalue weighted by atomic mass is 35.5. The summed E-state index contributed by atoms with van der Waals surface area (Å²) >= 11 is 11.4. The van der Waals surface area contributed by atoms with Gasteiger partial charge in [-0.1, -0.05) is 30.5 Å². The fourth-order valence-electron chi connectivity index (χ4n) is 2.15. The summed E-state index contributed by atoms with van der Waals surface area (Å²) in [5.74, 6) is 2.31. The summed E-state index contributed by atoms with van der Waals surface area (Å²) in [6.07, 6.45) is 7.29. The third-order valence-corrected chi connectivity index (χ3v) is 3.60. The molecule has 14 heavy (non-hydrogen) atoms. The van der Waals surface area contributed by atoms with E-state index in [0.717, 1.165) is 30.8 Å². The summed E-state index contributed by atoms with van der Waals surface area (Å²) in [5, 5.41) is 3.39. The first kappa shape index (κ1) is 12.4. The Morgan fingerprint density at radius 3 is 2.57 bits per heavy atom. The van der Waals surface area contributed by atoms with Gasteiger partial charge in [0.05, 0.1) is 0 Å². The van der Waals surface area contributed by atoms with E-state index < -0.39 is 0 Å². The Morgan fingerprint density at radius 2 is 1.93 bits per heavy atom. The van der Waals surface area contributed by atoms with Gasteiger partial charge in [-0.2, -0.15) is 0 Å². The van der Waals surface area contributed by atoms with Crippen LogP contribution in [0.4, 0.5) is 0 Å². The van der Waals surface area contributed by atoms with Crippen LogP contribution >= 0.6 is 23.2 Å². The van der Waals surface area contributed by atoms with Gasteiger partial charge in [0, 0.05) is 18.0 Å². The maximum atomic E-state index is 5.95. The minimum atomic E-state index is 0.720. The number of alkyl halides is 1. The summed E-state index contributed by atoms with van der Waals surface area (Å²) in [5.41, 5.74) is 1.56. The molecule has 1 aliphatic rings. The molecule has 3 heteroatoms. The summed E-state index contributed by atoms with van der Waals surface area (Å²) in [6.45, 7) is 1.95. The molecule has 1 fully saturated rings. The van der Waals surface area contributed by atoms with Crippen LogP contribution in [0, 0.1) is 11.8 Å². The molecule has 0 spiro atoms. The lowest BCUT2D eigenvalue weighted by atomic mass is 9.80. The van der Waals surface area contributed by atoms with Gasteiger partial charge < -0.3 is 5.32 Å². The number of rotatable bonds is 5. The van der Waals surface area contributed by atoms with Gasteiger partial charge in [-0.3, -0.25) is 0 Å². The molecule has 1 N–H and O–H groups in total. The number of nitrogens with one attached hydrogen (secondary N) is 1. The van der Waals surface area contributed by atoms with E-state index in [4.69, 9.17) is 23.2 Å². The molecule has 0 aromatic rings. The first-order valence-corrected chi connectivity index (χ1v) is 6.37. The molecule has 0 radical (unpaired) electrons. The molecule has 2 unspecified atom stereocenters. The average Bonchev–Trinajstić information content (AvgIpc) is 2.25. The number of halogens is 2. The molecule has 0 aromatic heterocycles. The van der Waals surface area contributed by atoms with E-state index in [2.05, 4.69) is 5.32 Å². The van der Waals surface area contributed by atoms with Crippen LogP contribution in [-0.2, 0) is 0 Å². The van der Waals surface area contributed by atoms with Gasteiger partial charge >= 0.3 is 0 Å². The van der Waals surface area contributed by atoms with Crippen LogP contribution in [0.3, 0.4) is 0 Å². The predicted molar refractivity (Wildman–Crippen MR) is 64.0 cm³/mol. The molecule has 0 bridgehead atoms. The van der Waals surface area contributed by atoms with Crippen LogP contribution in [-0.4, -0.2) is 19.0 Å². The Kier molecular flexibility index (Phi) is 6.67. The fraction of sp³-hybridized carbons (Fsp3) is 0.818. The lowest BCUT2D eigenvalue weighted by molar-refractivity contribution is 0.253. The molecule has 1 nitrogen and oxygen atoms in total. The average molecular weight is 236 g/mol. The lowest BCUT2D eigenvalue weighted by Crippen LogP contribution is -2.31. The van der Waals surface area contributed by atoms with Crippen LogP contribution in [0.2, 0.25) is 0 Å². The molecule has 0 aromatic carbocycles. The lowest BCUT2D eigenvalue weighted by Gasteiger charge is -2.30. The molecule has 1 saturated carbocycles. The Morgan fingerprint density at radius 1 is 1.21 bits per heavy atom. The molecule has 1 aliphatic carbocycles. The van der Waals surface area contributed by atoms with E-state index in [9.17, 15) is 0 Å². The quantitative estimate of drug-likeness (QED) is 0.570. The van der Waals surface area contributed by atoms with Gasteiger partial charge in [0.1, 0.15) is 0 Å². The second-order valence-electron chi connectivity index (χ2n) is 3.98. The Hall–Kier alpha value is 0.280. The second-order valence-corrected chi connectivity index (χ2v) is 4.54. The maximum Gasteiger partial charge on any atom is 0.0254 e. The van der Waals surface area contributed by atoms with E-state index in [1.165, 1.54) is 25.7 Å². The number of hydrogen-bond donors (Lipinski definition) is 1. The molecule has 0 saturated heterocycles. The second kappa shape index (κ2) is 7.56. The van der Waals surface area contributed by atoms with Crippen LogP contribution in [0.15, 0.2) is 11.6 Å². The predicted octanol–water partition coefficient (Wildman–Crippen LogP) is 3.37. The Balaban J connectivity index is 2.19. The van der Waals surface area contributed by atoms with E-state index >= 15 is 0 Å². The van der Waals surface area contributed by atoms with E-state index in [0.29, 0.717) is 0 Å². The fourth-order valence-corrected chi connectivity index (χ4v) is 2.65. The van der Waals surface area contributed by atoms with Crippen molar-refractivity contribution in [3.63, 3.8) is 0 Å². The highest BCUT2D eigenvalue weighted by Crippen LogP contribution is 2.30.